The zero-order valence-electron chi connectivity index (χ0n) is 21.6. The fraction of sp³-hybridized carbons (Fsp3) is 0.375. The minimum atomic E-state index is -0.124. The maximum absolute atomic E-state index is 12.8. The number of H-pyrrole nitrogens is 1. The van der Waals surface area contributed by atoms with Crippen molar-refractivity contribution in [1.82, 2.24) is 15.5 Å². The third kappa shape index (κ3) is 6.47. The first-order valence-corrected chi connectivity index (χ1v) is 13.6. The molecule has 1 saturated carbocycles. The second-order valence-electron chi connectivity index (χ2n) is 10.8. The molecule has 4 aromatic rings. The van der Waals surface area contributed by atoms with E-state index in [-0.39, 0.29) is 12.0 Å². The number of nitrogens with one attached hydrogen (secondary N) is 2. The minimum absolute atomic E-state index is 0.0936. The Morgan fingerprint density at radius 1 is 1.00 bits per heavy atom. The summed E-state index contributed by atoms with van der Waals surface area (Å²) < 4.78 is 0. The standard InChI is InChI=1S/C32H37N3O2/c1-22-10-11-24(19-28(36)18-22)9-5-8-23-12-14-26(15-13-23)31-29-20-27(16-17-30(29)34-35-31)32(37)33-21-25-6-3-2-4-7-25/h2-4,6-7,12-17,20,22,24,28,36H,5,8-11,18-19,21H2,1H3,(H,33,37)(H,34,35). The van der Waals surface area contributed by atoms with Gasteiger partial charge in [-0.1, -0.05) is 80.8 Å². The van der Waals surface area contributed by atoms with Crippen molar-refractivity contribution in [3.05, 3.63) is 89.5 Å². The molecule has 0 spiro atoms. The van der Waals surface area contributed by atoms with Crippen LogP contribution >= 0.6 is 0 Å². The molecular formula is C32H37N3O2. The second-order valence-corrected chi connectivity index (χ2v) is 10.8. The maximum Gasteiger partial charge on any atom is 0.251 e. The first-order valence-electron chi connectivity index (χ1n) is 13.6. The number of benzene rings is 3. The molecule has 1 amide bonds. The van der Waals surface area contributed by atoms with E-state index in [1.807, 2.05) is 48.5 Å². The Balaban J connectivity index is 1.21. The highest BCUT2D eigenvalue weighted by Crippen LogP contribution is 2.31. The van der Waals surface area contributed by atoms with Crippen LogP contribution in [0, 0.1) is 11.8 Å². The van der Waals surface area contributed by atoms with Crippen LogP contribution in [0.25, 0.3) is 22.2 Å². The molecule has 0 aliphatic heterocycles. The lowest BCUT2D eigenvalue weighted by molar-refractivity contribution is 0.0951. The lowest BCUT2D eigenvalue weighted by Crippen LogP contribution is -2.22. The molecular weight excluding hydrogens is 458 g/mol. The second kappa shape index (κ2) is 11.7. The zero-order chi connectivity index (χ0) is 25.6. The molecule has 3 aromatic carbocycles. The molecule has 5 nitrogen and oxygen atoms in total. The third-order valence-electron chi connectivity index (χ3n) is 7.77. The van der Waals surface area contributed by atoms with E-state index in [1.165, 1.54) is 24.8 Å². The topological polar surface area (TPSA) is 78.0 Å². The Morgan fingerprint density at radius 2 is 1.81 bits per heavy atom. The highest BCUT2D eigenvalue weighted by Gasteiger charge is 2.22. The van der Waals surface area contributed by atoms with Crippen molar-refractivity contribution in [2.75, 3.05) is 0 Å². The molecule has 3 unspecified atom stereocenters. The van der Waals surface area contributed by atoms with Crippen LogP contribution in [0.5, 0.6) is 0 Å². The molecule has 3 N–H and O–H groups in total. The van der Waals surface area contributed by atoms with E-state index in [9.17, 15) is 9.90 Å². The Bertz CT molecular complexity index is 1310. The Kier molecular flexibility index (Phi) is 8.00. The SMILES string of the molecule is CC1CCC(CCCc2ccc(-c3n[nH]c4ccc(C(=O)NCc5ccccc5)cc34)cc2)CC(O)C1. The van der Waals surface area contributed by atoms with E-state index in [2.05, 4.69) is 46.7 Å². The number of rotatable bonds is 8. The maximum atomic E-state index is 12.8. The predicted molar refractivity (Wildman–Crippen MR) is 149 cm³/mol. The smallest absolute Gasteiger partial charge is 0.251 e. The van der Waals surface area contributed by atoms with Crippen LogP contribution in [0.15, 0.2) is 72.8 Å². The van der Waals surface area contributed by atoms with Gasteiger partial charge in [-0.25, -0.2) is 0 Å². The van der Waals surface area contributed by atoms with E-state index in [1.54, 1.807) is 0 Å². The van der Waals surface area contributed by atoms with Crippen molar-refractivity contribution >= 4 is 16.8 Å². The van der Waals surface area contributed by atoms with Gasteiger partial charge in [0.2, 0.25) is 0 Å². The molecule has 0 bridgehead atoms. The molecule has 1 heterocycles. The number of nitrogens with zero attached hydrogens (tertiary/aromatic N) is 1. The summed E-state index contributed by atoms with van der Waals surface area (Å²) in [5.41, 5.74) is 5.84. The van der Waals surface area contributed by atoms with E-state index >= 15 is 0 Å². The van der Waals surface area contributed by atoms with Gasteiger partial charge in [-0.05, 0) is 66.8 Å². The molecule has 5 rings (SSSR count). The van der Waals surface area contributed by atoms with Gasteiger partial charge in [-0.2, -0.15) is 5.10 Å². The van der Waals surface area contributed by atoms with Crippen molar-refractivity contribution in [1.29, 1.82) is 0 Å². The fourth-order valence-corrected chi connectivity index (χ4v) is 5.64. The summed E-state index contributed by atoms with van der Waals surface area (Å²) in [4.78, 5) is 12.8. The number of hydrogen-bond acceptors (Lipinski definition) is 3. The van der Waals surface area contributed by atoms with Crippen molar-refractivity contribution in [2.24, 2.45) is 11.8 Å². The van der Waals surface area contributed by atoms with Crippen LogP contribution in [-0.4, -0.2) is 27.3 Å². The summed E-state index contributed by atoms with van der Waals surface area (Å²) in [7, 11) is 0. The number of aromatic nitrogens is 2. The molecule has 0 saturated heterocycles. The predicted octanol–water partition coefficient (Wildman–Crippen LogP) is 6.67. The van der Waals surface area contributed by atoms with Crippen molar-refractivity contribution in [3.8, 4) is 11.3 Å². The average Bonchev–Trinajstić information content (AvgIpc) is 3.26. The van der Waals surface area contributed by atoms with Gasteiger partial charge in [-0.15, -0.1) is 0 Å². The molecule has 1 aliphatic rings. The summed E-state index contributed by atoms with van der Waals surface area (Å²) in [5, 5.41) is 21.8. The number of fused-ring (bicyclic) bond motifs is 1. The van der Waals surface area contributed by atoms with E-state index in [0.29, 0.717) is 23.9 Å². The van der Waals surface area contributed by atoms with Crippen LogP contribution in [0.2, 0.25) is 0 Å². The summed E-state index contributed by atoms with van der Waals surface area (Å²) in [5.74, 6) is 1.20. The Morgan fingerprint density at radius 3 is 2.62 bits per heavy atom. The normalized spacial score (nSPS) is 20.0. The summed E-state index contributed by atoms with van der Waals surface area (Å²) in [6.07, 6.45) is 7.67. The summed E-state index contributed by atoms with van der Waals surface area (Å²) in [6, 6.07) is 24.2. The molecule has 37 heavy (non-hydrogen) atoms. The van der Waals surface area contributed by atoms with Crippen LogP contribution in [0.4, 0.5) is 0 Å². The van der Waals surface area contributed by atoms with E-state index in [4.69, 9.17) is 0 Å². The molecule has 1 aliphatic carbocycles. The largest absolute Gasteiger partial charge is 0.393 e. The highest BCUT2D eigenvalue weighted by atomic mass is 16.3. The van der Waals surface area contributed by atoms with Gasteiger partial charge in [0.05, 0.1) is 17.3 Å². The zero-order valence-corrected chi connectivity index (χ0v) is 21.6. The van der Waals surface area contributed by atoms with Crippen LogP contribution in [0.1, 0.15) is 66.9 Å². The van der Waals surface area contributed by atoms with E-state index < -0.39 is 0 Å². The lowest BCUT2D eigenvalue weighted by Gasteiger charge is -2.16. The first kappa shape index (κ1) is 25.2. The van der Waals surface area contributed by atoms with Gasteiger partial charge in [0.1, 0.15) is 0 Å². The lowest BCUT2D eigenvalue weighted by atomic mass is 9.92. The number of aliphatic hydroxyl groups excluding tert-OH is 1. The molecule has 3 atom stereocenters. The third-order valence-corrected chi connectivity index (χ3v) is 7.77. The van der Waals surface area contributed by atoms with Crippen LogP contribution < -0.4 is 5.32 Å². The van der Waals surface area contributed by atoms with Gasteiger partial charge in [0.25, 0.3) is 5.91 Å². The molecule has 0 radical (unpaired) electrons. The quantitative estimate of drug-likeness (QED) is 0.239. The number of aromatic amines is 1. The summed E-state index contributed by atoms with van der Waals surface area (Å²) in [6.45, 7) is 2.76. The van der Waals surface area contributed by atoms with Crippen LogP contribution in [-0.2, 0) is 13.0 Å². The number of carbonyl (C=O) groups is 1. The van der Waals surface area contributed by atoms with Gasteiger partial charge >= 0.3 is 0 Å². The molecule has 192 valence electrons. The average molecular weight is 496 g/mol. The van der Waals surface area contributed by atoms with Crippen molar-refractivity contribution in [3.63, 3.8) is 0 Å². The minimum Gasteiger partial charge on any atom is -0.393 e. The van der Waals surface area contributed by atoms with Crippen molar-refractivity contribution < 1.29 is 9.90 Å². The Hall–Kier alpha value is -3.44. The van der Waals surface area contributed by atoms with Crippen molar-refractivity contribution in [2.45, 2.75) is 64.5 Å². The number of carbonyl (C=O) groups excluding carboxylic acids is 1. The summed E-state index contributed by atoms with van der Waals surface area (Å²) >= 11 is 0. The van der Waals surface area contributed by atoms with Gasteiger partial charge < -0.3 is 10.4 Å². The molecule has 1 fully saturated rings. The van der Waals surface area contributed by atoms with Gasteiger partial charge in [0.15, 0.2) is 0 Å². The van der Waals surface area contributed by atoms with Gasteiger partial charge in [-0.3, -0.25) is 9.89 Å². The fourth-order valence-electron chi connectivity index (χ4n) is 5.64. The molecule has 5 heteroatoms. The highest BCUT2D eigenvalue weighted by molar-refractivity contribution is 6.01. The number of aryl methyl sites for hydroxylation is 1. The van der Waals surface area contributed by atoms with Gasteiger partial charge in [0, 0.05) is 23.1 Å². The number of aliphatic hydroxyl groups is 1. The Labute approximate surface area is 219 Å². The van der Waals surface area contributed by atoms with E-state index in [0.717, 1.165) is 53.4 Å². The first-order chi connectivity index (χ1) is 18.0. The van der Waals surface area contributed by atoms with Crippen LogP contribution in [0.3, 0.4) is 0 Å². The molecule has 1 aromatic heterocycles. The number of amides is 1. The number of hydrogen-bond donors (Lipinski definition) is 3. The monoisotopic (exact) mass is 495 g/mol.